The molecular formula is C10H11ClF3N3O. The van der Waals surface area contributed by atoms with Crippen LogP contribution >= 0.6 is 11.6 Å². The van der Waals surface area contributed by atoms with Gasteiger partial charge in [-0.3, -0.25) is 0 Å². The molecule has 1 aromatic rings. The van der Waals surface area contributed by atoms with Crippen LogP contribution < -0.4 is 5.32 Å². The van der Waals surface area contributed by atoms with Gasteiger partial charge in [0.2, 0.25) is 5.95 Å². The van der Waals surface area contributed by atoms with Gasteiger partial charge >= 0.3 is 6.18 Å². The van der Waals surface area contributed by atoms with Crippen LogP contribution in [0, 0.1) is 0 Å². The Kier molecular flexibility index (Phi) is 3.91. The maximum absolute atomic E-state index is 12.4. The van der Waals surface area contributed by atoms with Crippen molar-refractivity contribution in [2.75, 3.05) is 18.5 Å². The van der Waals surface area contributed by atoms with E-state index in [-0.39, 0.29) is 12.0 Å². The van der Waals surface area contributed by atoms with E-state index >= 15 is 0 Å². The van der Waals surface area contributed by atoms with Gasteiger partial charge in [0.15, 0.2) is 0 Å². The molecule has 2 rings (SSSR count). The van der Waals surface area contributed by atoms with Crippen molar-refractivity contribution < 1.29 is 17.9 Å². The molecular weight excluding hydrogens is 271 g/mol. The smallest absolute Gasteiger partial charge is 0.381 e. The van der Waals surface area contributed by atoms with Gasteiger partial charge in [-0.15, -0.1) is 0 Å². The van der Waals surface area contributed by atoms with Gasteiger partial charge in [0.25, 0.3) is 0 Å². The predicted octanol–water partition coefficient (Wildman–Crippen LogP) is 2.74. The van der Waals surface area contributed by atoms with Gasteiger partial charge in [0.1, 0.15) is 10.7 Å². The van der Waals surface area contributed by atoms with Crippen molar-refractivity contribution in [3.8, 4) is 0 Å². The van der Waals surface area contributed by atoms with E-state index < -0.39 is 16.9 Å². The van der Waals surface area contributed by atoms with Crippen LogP contribution in [0.2, 0.25) is 5.15 Å². The van der Waals surface area contributed by atoms with E-state index in [1.165, 1.54) is 0 Å². The number of halogens is 4. The molecule has 1 aliphatic rings. The summed E-state index contributed by atoms with van der Waals surface area (Å²) in [4.78, 5) is 7.25. The molecule has 1 aliphatic heterocycles. The molecule has 1 saturated heterocycles. The zero-order valence-electron chi connectivity index (χ0n) is 9.30. The summed E-state index contributed by atoms with van der Waals surface area (Å²) in [7, 11) is 0. The van der Waals surface area contributed by atoms with Crippen molar-refractivity contribution in [1.82, 2.24) is 9.97 Å². The Hall–Kier alpha value is -1.08. The third-order valence-electron chi connectivity index (χ3n) is 2.60. The molecule has 18 heavy (non-hydrogen) atoms. The van der Waals surface area contributed by atoms with E-state index in [1.807, 2.05) is 0 Å². The number of nitrogens with one attached hydrogen (secondary N) is 1. The number of nitrogens with zero attached hydrogens (tertiary/aromatic N) is 2. The van der Waals surface area contributed by atoms with Crippen LogP contribution in [0.15, 0.2) is 6.20 Å². The molecule has 100 valence electrons. The topological polar surface area (TPSA) is 47.0 Å². The van der Waals surface area contributed by atoms with E-state index in [1.54, 1.807) is 0 Å². The summed E-state index contributed by atoms with van der Waals surface area (Å²) >= 11 is 5.50. The number of alkyl halides is 3. The summed E-state index contributed by atoms with van der Waals surface area (Å²) in [6.45, 7) is 1.23. The lowest BCUT2D eigenvalue weighted by Crippen LogP contribution is -2.28. The molecule has 0 aromatic carbocycles. The molecule has 2 heterocycles. The molecule has 0 bridgehead atoms. The van der Waals surface area contributed by atoms with Gasteiger partial charge in [0.05, 0.1) is 0 Å². The highest BCUT2D eigenvalue weighted by atomic mass is 35.5. The Morgan fingerprint density at radius 2 is 2.00 bits per heavy atom. The number of rotatable bonds is 2. The first-order valence-corrected chi connectivity index (χ1v) is 5.78. The molecule has 0 atom stereocenters. The van der Waals surface area contributed by atoms with Gasteiger partial charge in [-0.2, -0.15) is 13.2 Å². The van der Waals surface area contributed by atoms with Crippen LogP contribution in [-0.4, -0.2) is 29.2 Å². The standard InChI is InChI=1S/C10H11ClF3N3O/c11-8-7(10(12,13)14)5-15-9(17-8)16-6-1-3-18-4-2-6/h5-6H,1-4H2,(H,15,16,17). The fourth-order valence-electron chi connectivity index (χ4n) is 1.65. The van der Waals surface area contributed by atoms with Crippen molar-refractivity contribution in [2.45, 2.75) is 25.1 Å². The Labute approximate surface area is 107 Å². The minimum absolute atomic E-state index is 0.103. The lowest BCUT2D eigenvalue weighted by Gasteiger charge is -2.23. The summed E-state index contributed by atoms with van der Waals surface area (Å²) in [5, 5.41) is 2.36. The van der Waals surface area contributed by atoms with Crippen LogP contribution in [0.4, 0.5) is 19.1 Å². The predicted molar refractivity (Wildman–Crippen MR) is 59.5 cm³/mol. The maximum atomic E-state index is 12.4. The second kappa shape index (κ2) is 5.27. The number of anilines is 1. The summed E-state index contributed by atoms with van der Waals surface area (Å²) in [6, 6.07) is 0.103. The molecule has 0 saturated carbocycles. The summed E-state index contributed by atoms with van der Waals surface area (Å²) < 4.78 is 42.5. The van der Waals surface area contributed by atoms with Gasteiger partial charge in [-0.1, -0.05) is 11.6 Å². The van der Waals surface area contributed by atoms with Crippen molar-refractivity contribution >= 4 is 17.5 Å². The minimum atomic E-state index is -4.53. The Morgan fingerprint density at radius 3 is 2.56 bits per heavy atom. The van der Waals surface area contributed by atoms with Crippen LogP contribution in [0.5, 0.6) is 0 Å². The summed E-state index contributed by atoms with van der Waals surface area (Å²) in [5.74, 6) is 0.111. The highest BCUT2D eigenvalue weighted by Crippen LogP contribution is 2.33. The highest BCUT2D eigenvalue weighted by molar-refractivity contribution is 6.30. The summed E-state index contributed by atoms with van der Waals surface area (Å²) in [6.07, 6.45) is -2.31. The fraction of sp³-hybridized carbons (Fsp3) is 0.600. The quantitative estimate of drug-likeness (QED) is 0.847. The van der Waals surface area contributed by atoms with E-state index in [4.69, 9.17) is 16.3 Å². The second-order valence-electron chi connectivity index (χ2n) is 3.93. The lowest BCUT2D eigenvalue weighted by atomic mass is 10.1. The Bertz CT molecular complexity index is 421. The maximum Gasteiger partial charge on any atom is 0.420 e. The summed E-state index contributed by atoms with van der Waals surface area (Å²) in [5.41, 5.74) is -1.03. The SMILES string of the molecule is FC(F)(F)c1cnc(NC2CCOCC2)nc1Cl. The molecule has 0 spiro atoms. The van der Waals surface area contributed by atoms with Gasteiger partial charge < -0.3 is 10.1 Å². The zero-order chi connectivity index (χ0) is 13.2. The van der Waals surface area contributed by atoms with Gasteiger partial charge in [0, 0.05) is 25.5 Å². The van der Waals surface area contributed by atoms with Crippen LogP contribution in [0.1, 0.15) is 18.4 Å². The number of hydrogen-bond acceptors (Lipinski definition) is 4. The molecule has 1 fully saturated rings. The van der Waals surface area contributed by atoms with Crippen molar-refractivity contribution in [2.24, 2.45) is 0 Å². The molecule has 0 aliphatic carbocycles. The Morgan fingerprint density at radius 1 is 1.33 bits per heavy atom. The first-order chi connectivity index (χ1) is 8.47. The minimum Gasteiger partial charge on any atom is -0.381 e. The third kappa shape index (κ3) is 3.23. The third-order valence-corrected chi connectivity index (χ3v) is 2.89. The monoisotopic (exact) mass is 281 g/mol. The molecule has 0 unspecified atom stereocenters. The molecule has 1 aromatic heterocycles. The number of aromatic nitrogens is 2. The Balaban J connectivity index is 2.08. The largest absolute Gasteiger partial charge is 0.420 e. The average Bonchev–Trinajstić information content (AvgIpc) is 2.28. The van der Waals surface area contributed by atoms with Crippen LogP contribution in [0.25, 0.3) is 0 Å². The molecule has 1 N–H and O–H groups in total. The zero-order valence-corrected chi connectivity index (χ0v) is 10.1. The first kappa shape index (κ1) is 13.4. The van der Waals surface area contributed by atoms with Gasteiger partial charge in [-0.05, 0) is 12.8 Å². The van der Waals surface area contributed by atoms with E-state index in [0.717, 1.165) is 12.8 Å². The lowest BCUT2D eigenvalue weighted by molar-refractivity contribution is -0.137. The normalized spacial score (nSPS) is 17.8. The fourth-order valence-corrected chi connectivity index (χ4v) is 1.88. The molecule has 0 radical (unpaired) electrons. The van der Waals surface area contributed by atoms with Crippen LogP contribution in [0.3, 0.4) is 0 Å². The van der Waals surface area contributed by atoms with Crippen molar-refractivity contribution in [3.05, 3.63) is 16.9 Å². The molecule has 8 heteroatoms. The first-order valence-electron chi connectivity index (χ1n) is 5.41. The van der Waals surface area contributed by atoms with Crippen molar-refractivity contribution in [1.29, 1.82) is 0 Å². The highest BCUT2D eigenvalue weighted by Gasteiger charge is 2.34. The average molecular weight is 282 g/mol. The second-order valence-corrected chi connectivity index (χ2v) is 4.28. The van der Waals surface area contributed by atoms with E-state index in [9.17, 15) is 13.2 Å². The van der Waals surface area contributed by atoms with Crippen LogP contribution in [-0.2, 0) is 10.9 Å². The van der Waals surface area contributed by atoms with E-state index in [2.05, 4.69) is 15.3 Å². The van der Waals surface area contributed by atoms with E-state index in [0.29, 0.717) is 19.4 Å². The van der Waals surface area contributed by atoms with Gasteiger partial charge in [-0.25, -0.2) is 9.97 Å². The molecule has 0 amide bonds. The van der Waals surface area contributed by atoms with Crippen molar-refractivity contribution in [3.63, 3.8) is 0 Å². The number of ether oxygens (including phenoxy) is 1. The number of hydrogen-bond donors (Lipinski definition) is 1. The molecule has 4 nitrogen and oxygen atoms in total.